The van der Waals surface area contributed by atoms with Crippen LogP contribution in [0.4, 0.5) is 10.1 Å². The van der Waals surface area contributed by atoms with E-state index in [0.717, 1.165) is 5.56 Å². The second-order valence-corrected chi connectivity index (χ2v) is 4.02. The van der Waals surface area contributed by atoms with Gasteiger partial charge in [0.15, 0.2) is 0 Å². The monoisotopic (exact) mass is 259 g/mol. The molecule has 0 atom stereocenters. The van der Waals surface area contributed by atoms with E-state index in [2.05, 4.69) is 15.6 Å². The second kappa shape index (κ2) is 6.61. The van der Waals surface area contributed by atoms with Crippen LogP contribution in [0.25, 0.3) is 0 Å². The first kappa shape index (κ1) is 13.2. The van der Waals surface area contributed by atoms with Gasteiger partial charge in [0.1, 0.15) is 5.82 Å². The molecule has 0 aliphatic rings. The molecular weight excluding hydrogens is 245 g/mol. The van der Waals surface area contributed by atoms with Crippen LogP contribution < -0.4 is 10.6 Å². The van der Waals surface area contributed by atoms with Crippen LogP contribution in [0.15, 0.2) is 48.8 Å². The van der Waals surface area contributed by atoms with Crippen molar-refractivity contribution in [3.05, 3.63) is 60.2 Å². The lowest BCUT2D eigenvalue weighted by molar-refractivity contribution is -0.115. The Morgan fingerprint density at radius 1 is 1.21 bits per heavy atom. The molecule has 0 saturated heterocycles. The van der Waals surface area contributed by atoms with Crippen molar-refractivity contribution in [2.45, 2.75) is 6.54 Å². The summed E-state index contributed by atoms with van der Waals surface area (Å²) in [6, 6.07) is 9.55. The van der Waals surface area contributed by atoms with Gasteiger partial charge in [0.2, 0.25) is 5.91 Å². The Morgan fingerprint density at radius 2 is 2.00 bits per heavy atom. The Hall–Kier alpha value is -2.27. The number of benzene rings is 1. The summed E-state index contributed by atoms with van der Waals surface area (Å²) in [4.78, 5) is 15.5. The number of rotatable bonds is 5. The molecular formula is C14H14FN3O. The quantitative estimate of drug-likeness (QED) is 0.863. The van der Waals surface area contributed by atoms with Gasteiger partial charge in [-0.15, -0.1) is 0 Å². The third-order valence-electron chi connectivity index (χ3n) is 2.47. The molecule has 2 aromatic rings. The summed E-state index contributed by atoms with van der Waals surface area (Å²) in [5, 5.41) is 5.62. The number of hydrogen-bond donors (Lipinski definition) is 2. The van der Waals surface area contributed by atoms with Crippen molar-refractivity contribution < 1.29 is 9.18 Å². The third kappa shape index (κ3) is 4.48. The van der Waals surface area contributed by atoms with E-state index < -0.39 is 0 Å². The standard InChI is InChI=1S/C14H14FN3O/c15-12-2-1-3-13(8-12)18-14(19)10-17-9-11-4-6-16-7-5-11/h1-8,17H,9-10H2,(H,18,19). The first-order valence-electron chi connectivity index (χ1n) is 5.89. The lowest BCUT2D eigenvalue weighted by atomic mass is 10.3. The maximum Gasteiger partial charge on any atom is 0.238 e. The number of nitrogens with one attached hydrogen (secondary N) is 2. The number of carbonyl (C=O) groups is 1. The zero-order valence-electron chi connectivity index (χ0n) is 10.3. The fraction of sp³-hybridized carbons (Fsp3) is 0.143. The number of nitrogens with zero attached hydrogens (tertiary/aromatic N) is 1. The number of amides is 1. The molecule has 5 heteroatoms. The molecule has 1 heterocycles. The average Bonchev–Trinajstić information content (AvgIpc) is 2.40. The highest BCUT2D eigenvalue weighted by Gasteiger charge is 2.02. The summed E-state index contributed by atoms with van der Waals surface area (Å²) in [5.41, 5.74) is 1.50. The average molecular weight is 259 g/mol. The molecule has 0 spiro atoms. The number of hydrogen-bond acceptors (Lipinski definition) is 3. The predicted molar refractivity (Wildman–Crippen MR) is 71.0 cm³/mol. The van der Waals surface area contributed by atoms with E-state index in [1.807, 2.05) is 12.1 Å². The molecule has 0 aliphatic heterocycles. The van der Waals surface area contributed by atoms with Gasteiger partial charge in [-0.3, -0.25) is 9.78 Å². The lowest BCUT2D eigenvalue weighted by Crippen LogP contribution is -2.27. The van der Waals surface area contributed by atoms with Crippen LogP contribution in [0.1, 0.15) is 5.56 Å². The van der Waals surface area contributed by atoms with Crippen LogP contribution in [0.3, 0.4) is 0 Å². The number of anilines is 1. The van der Waals surface area contributed by atoms with E-state index in [1.54, 1.807) is 24.5 Å². The number of aromatic nitrogens is 1. The van der Waals surface area contributed by atoms with Gasteiger partial charge in [-0.1, -0.05) is 6.07 Å². The molecule has 19 heavy (non-hydrogen) atoms. The largest absolute Gasteiger partial charge is 0.325 e. The van der Waals surface area contributed by atoms with Crippen molar-refractivity contribution >= 4 is 11.6 Å². The van der Waals surface area contributed by atoms with Gasteiger partial charge in [0.25, 0.3) is 0 Å². The Kier molecular flexibility index (Phi) is 4.58. The Labute approximate surface area is 110 Å². The maximum atomic E-state index is 12.9. The zero-order valence-corrected chi connectivity index (χ0v) is 10.3. The maximum absolute atomic E-state index is 12.9. The van der Waals surface area contributed by atoms with Crippen LogP contribution in [0.2, 0.25) is 0 Å². The molecule has 0 bridgehead atoms. The van der Waals surface area contributed by atoms with Crippen LogP contribution in [-0.4, -0.2) is 17.4 Å². The molecule has 0 radical (unpaired) electrons. The summed E-state index contributed by atoms with van der Waals surface area (Å²) in [6.45, 7) is 0.748. The molecule has 0 unspecified atom stereocenters. The summed E-state index contributed by atoms with van der Waals surface area (Å²) in [5.74, 6) is -0.581. The van der Waals surface area contributed by atoms with Crippen molar-refractivity contribution in [3.63, 3.8) is 0 Å². The highest BCUT2D eigenvalue weighted by molar-refractivity contribution is 5.92. The summed E-state index contributed by atoms with van der Waals surface area (Å²) >= 11 is 0. The minimum absolute atomic E-state index is 0.166. The van der Waals surface area contributed by atoms with Gasteiger partial charge in [0.05, 0.1) is 6.54 Å². The zero-order chi connectivity index (χ0) is 13.5. The van der Waals surface area contributed by atoms with E-state index in [4.69, 9.17) is 0 Å². The third-order valence-corrected chi connectivity index (χ3v) is 2.47. The first-order valence-corrected chi connectivity index (χ1v) is 5.89. The number of halogens is 1. The summed E-state index contributed by atoms with van der Waals surface area (Å²) in [7, 11) is 0. The van der Waals surface area contributed by atoms with Gasteiger partial charge in [-0.25, -0.2) is 4.39 Å². The van der Waals surface area contributed by atoms with Gasteiger partial charge < -0.3 is 10.6 Å². The molecule has 0 fully saturated rings. The van der Waals surface area contributed by atoms with Gasteiger partial charge in [-0.2, -0.15) is 0 Å². The first-order chi connectivity index (χ1) is 9.24. The van der Waals surface area contributed by atoms with Crippen molar-refractivity contribution in [1.82, 2.24) is 10.3 Å². The molecule has 0 saturated carbocycles. The molecule has 98 valence electrons. The van der Waals surface area contributed by atoms with E-state index in [-0.39, 0.29) is 18.3 Å². The second-order valence-electron chi connectivity index (χ2n) is 4.02. The lowest BCUT2D eigenvalue weighted by Gasteiger charge is -2.06. The highest BCUT2D eigenvalue weighted by atomic mass is 19.1. The SMILES string of the molecule is O=C(CNCc1ccncc1)Nc1cccc(F)c1. The molecule has 2 N–H and O–H groups in total. The number of carbonyl (C=O) groups excluding carboxylic acids is 1. The summed E-state index contributed by atoms with van der Waals surface area (Å²) < 4.78 is 12.9. The fourth-order valence-electron chi connectivity index (χ4n) is 1.59. The Balaban J connectivity index is 1.76. The fourth-order valence-corrected chi connectivity index (χ4v) is 1.59. The van der Waals surface area contributed by atoms with Crippen molar-refractivity contribution in [3.8, 4) is 0 Å². The topological polar surface area (TPSA) is 54.0 Å². The molecule has 1 amide bonds. The van der Waals surface area contributed by atoms with Crippen molar-refractivity contribution in [1.29, 1.82) is 0 Å². The van der Waals surface area contributed by atoms with Gasteiger partial charge in [-0.05, 0) is 35.9 Å². The highest BCUT2D eigenvalue weighted by Crippen LogP contribution is 2.08. The Morgan fingerprint density at radius 3 is 2.74 bits per heavy atom. The van der Waals surface area contributed by atoms with E-state index in [0.29, 0.717) is 12.2 Å². The minimum atomic E-state index is -0.373. The molecule has 2 rings (SSSR count). The molecule has 1 aromatic heterocycles. The van der Waals surface area contributed by atoms with Crippen LogP contribution >= 0.6 is 0 Å². The molecule has 4 nitrogen and oxygen atoms in total. The van der Waals surface area contributed by atoms with Gasteiger partial charge >= 0.3 is 0 Å². The predicted octanol–water partition coefficient (Wildman–Crippen LogP) is 1.95. The van der Waals surface area contributed by atoms with Crippen LogP contribution in [0.5, 0.6) is 0 Å². The molecule has 1 aromatic carbocycles. The van der Waals surface area contributed by atoms with E-state index in [9.17, 15) is 9.18 Å². The van der Waals surface area contributed by atoms with E-state index >= 15 is 0 Å². The molecule has 0 aliphatic carbocycles. The van der Waals surface area contributed by atoms with Gasteiger partial charge in [0, 0.05) is 24.6 Å². The smallest absolute Gasteiger partial charge is 0.238 e. The minimum Gasteiger partial charge on any atom is -0.325 e. The van der Waals surface area contributed by atoms with Crippen molar-refractivity contribution in [2.24, 2.45) is 0 Å². The van der Waals surface area contributed by atoms with Crippen molar-refractivity contribution in [2.75, 3.05) is 11.9 Å². The normalized spacial score (nSPS) is 10.2. The van der Waals surface area contributed by atoms with Crippen LogP contribution in [-0.2, 0) is 11.3 Å². The Bertz CT molecular complexity index is 545. The van der Waals surface area contributed by atoms with Crippen LogP contribution in [0, 0.1) is 5.82 Å². The van der Waals surface area contributed by atoms with E-state index in [1.165, 1.54) is 12.1 Å². The number of pyridine rings is 1. The summed E-state index contributed by atoms with van der Waals surface area (Å²) in [6.07, 6.45) is 3.40.